The number of primary amides is 1. The van der Waals surface area contributed by atoms with E-state index in [1.54, 1.807) is 16.9 Å². The molecule has 2 rings (SSSR count). The number of carbonyl (C=O) groups is 1. The van der Waals surface area contributed by atoms with E-state index in [1.165, 1.54) is 11.3 Å². The summed E-state index contributed by atoms with van der Waals surface area (Å²) >= 11 is 1.34. The Bertz CT molecular complexity index is 374. The van der Waals surface area contributed by atoms with Crippen LogP contribution in [0.4, 0.5) is 0 Å². The van der Waals surface area contributed by atoms with Crippen molar-refractivity contribution < 1.29 is 4.79 Å². The van der Waals surface area contributed by atoms with Gasteiger partial charge in [0.2, 0.25) is 0 Å². The van der Waals surface area contributed by atoms with Crippen molar-refractivity contribution in [2.45, 2.75) is 0 Å². The van der Waals surface area contributed by atoms with E-state index in [4.69, 9.17) is 5.73 Å². The molecule has 0 aliphatic rings. The molecule has 0 bridgehead atoms. The van der Waals surface area contributed by atoms with Gasteiger partial charge in [-0.25, -0.2) is 4.52 Å². The molecule has 1 amide bonds. The topological polar surface area (TPSA) is 60.4 Å². The number of aromatic nitrogens is 2. The second-order valence-electron chi connectivity index (χ2n) is 2.07. The first-order chi connectivity index (χ1) is 5.27. The maximum atomic E-state index is 10.7. The van der Waals surface area contributed by atoms with Crippen LogP contribution in [0.25, 0.3) is 4.83 Å². The highest BCUT2D eigenvalue weighted by Crippen LogP contribution is 2.15. The molecule has 0 aliphatic carbocycles. The molecule has 0 saturated heterocycles. The van der Waals surface area contributed by atoms with Gasteiger partial charge >= 0.3 is 0 Å². The Kier molecular flexibility index (Phi) is 1.19. The largest absolute Gasteiger partial charge is 0.365 e. The van der Waals surface area contributed by atoms with Crippen molar-refractivity contribution in [2.24, 2.45) is 5.73 Å². The van der Waals surface area contributed by atoms with Crippen molar-refractivity contribution in [1.82, 2.24) is 9.61 Å². The Morgan fingerprint density at radius 3 is 3.18 bits per heavy atom. The Balaban J connectivity index is 2.67. The van der Waals surface area contributed by atoms with Gasteiger partial charge in [0.05, 0.1) is 12.4 Å². The Hall–Kier alpha value is -1.36. The molecule has 4 nitrogen and oxygen atoms in total. The second-order valence-corrected chi connectivity index (χ2v) is 3.14. The summed E-state index contributed by atoms with van der Waals surface area (Å²) in [4.78, 5) is 12.1. The van der Waals surface area contributed by atoms with Gasteiger partial charge in [-0.15, -0.1) is 11.3 Å². The highest BCUT2D eigenvalue weighted by atomic mass is 32.1. The maximum absolute atomic E-state index is 10.7. The normalized spacial score (nSPS) is 10.5. The first-order valence-corrected chi connectivity index (χ1v) is 3.82. The fourth-order valence-electron chi connectivity index (χ4n) is 0.844. The molecule has 2 aromatic rings. The molecule has 0 unspecified atom stereocenters. The third kappa shape index (κ3) is 0.894. The van der Waals surface area contributed by atoms with E-state index in [2.05, 4.69) is 5.10 Å². The average Bonchev–Trinajstić information content (AvgIpc) is 2.40. The standard InChI is InChI=1S/C6H5N3OS/c7-6(10)4-3-9-5(11-4)1-2-8-9/h1-3H,(H2,7,10). The van der Waals surface area contributed by atoms with Crippen molar-refractivity contribution in [2.75, 3.05) is 0 Å². The molecule has 0 radical (unpaired) electrons. The van der Waals surface area contributed by atoms with Gasteiger partial charge < -0.3 is 5.73 Å². The van der Waals surface area contributed by atoms with Gasteiger partial charge in [-0.2, -0.15) is 5.10 Å². The molecular formula is C6H5N3OS. The summed E-state index contributed by atoms with van der Waals surface area (Å²) in [5.74, 6) is -0.402. The summed E-state index contributed by atoms with van der Waals surface area (Å²) in [6.45, 7) is 0. The van der Waals surface area contributed by atoms with E-state index >= 15 is 0 Å². The van der Waals surface area contributed by atoms with Crippen LogP contribution in [0.5, 0.6) is 0 Å². The molecule has 0 fully saturated rings. The average molecular weight is 167 g/mol. The van der Waals surface area contributed by atoms with Crippen LogP contribution < -0.4 is 5.73 Å². The van der Waals surface area contributed by atoms with Crippen molar-refractivity contribution in [3.05, 3.63) is 23.3 Å². The molecule has 2 aromatic heterocycles. The highest BCUT2D eigenvalue weighted by molar-refractivity contribution is 7.19. The second kappa shape index (κ2) is 2.06. The van der Waals surface area contributed by atoms with Gasteiger partial charge in [0.1, 0.15) is 9.71 Å². The predicted molar refractivity (Wildman–Crippen MR) is 41.6 cm³/mol. The van der Waals surface area contributed by atoms with Crippen LogP contribution in [0.3, 0.4) is 0 Å². The lowest BCUT2D eigenvalue weighted by atomic mass is 10.5. The fraction of sp³-hybridized carbons (Fsp3) is 0. The van der Waals surface area contributed by atoms with Gasteiger partial charge in [-0.1, -0.05) is 0 Å². The summed E-state index contributed by atoms with van der Waals surface area (Å²) in [5, 5.41) is 3.94. The predicted octanol–water partition coefficient (Wildman–Crippen LogP) is 0.495. The molecule has 2 heterocycles. The van der Waals surface area contributed by atoms with E-state index in [-0.39, 0.29) is 0 Å². The van der Waals surface area contributed by atoms with Crippen LogP contribution in [0.15, 0.2) is 18.5 Å². The highest BCUT2D eigenvalue weighted by Gasteiger charge is 2.05. The van der Waals surface area contributed by atoms with Crippen LogP contribution in [-0.2, 0) is 0 Å². The van der Waals surface area contributed by atoms with E-state index in [9.17, 15) is 4.79 Å². The van der Waals surface area contributed by atoms with Gasteiger partial charge in [0, 0.05) is 0 Å². The van der Waals surface area contributed by atoms with Gasteiger partial charge in [0.15, 0.2) is 0 Å². The monoisotopic (exact) mass is 167 g/mol. The fourth-order valence-corrected chi connectivity index (χ4v) is 1.64. The van der Waals surface area contributed by atoms with Crippen molar-refractivity contribution in [3.63, 3.8) is 0 Å². The molecule has 2 N–H and O–H groups in total. The van der Waals surface area contributed by atoms with Crippen LogP contribution in [0, 0.1) is 0 Å². The lowest BCUT2D eigenvalue weighted by Crippen LogP contribution is -2.08. The maximum Gasteiger partial charge on any atom is 0.260 e. The Labute approximate surface area is 66.2 Å². The number of thiazole rings is 1. The van der Waals surface area contributed by atoms with Crippen LogP contribution in [0.1, 0.15) is 9.67 Å². The molecule has 11 heavy (non-hydrogen) atoms. The zero-order valence-corrected chi connectivity index (χ0v) is 6.34. The van der Waals surface area contributed by atoms with E-state index in [0.717, 1.165) is 4.83 Å². The lowest BCUT2D eigenvalue weighted by Gasteiger charge is -1.80. The van der Waals surface area contributed by atoms with Crippen molar-refractivity contribution >= 4 is 22.1 Å². The minimum absolute atomic E-state index is 0.402. The first-order valence-electron chi connectivity index (χ1n) is 3.00. The number of nitrogens with two attached hydrogens (primary N) is 1. The number of fused-ring (bicyclic) bond motifs is 1. The zero-order chi connectivity index (χ0) is 7.84. The third-order valence-electron chi connectivity index (χ3n) is 1.33. The lowest BCUT2D eigenvalue weighted by molar-refractivity contribution is 0.100. The molecule has 0 spiro atoms. The zero-order valence-electron chi connectivity index (χ0n) is 5.52. The molecule has 0 atom stereocenters. The van der Waals surface area contributed by atoms with E-state index in [1.807, 2.05) is 6.07 Å². The minimum Gasteiger partial charge on any atom is -0.365 e. The number of carbonyl (C=O) groups excluding carboxylic acids is 1. The van der Waals surface area contributed by atoms with Gasteiger partial charge in [-0.3, -0.25) is 4.79 Å². The molecular weight excluding hydrogens is 162 g/mol. The Morgan fingerprint density at radius 2 is 2.55 bits per heavy atom. The summed E-state index contributed by atoms with van der Waals surface area (Å²) in [7, 11) is 0. The molecule has 0 saturated carbocycles. The van der Waals surface area contributed by atoms with Gasteiger partial charge in [0.25, 0.3) is 5.91 Å². The Morgan fingerprint density at radius 1 is 1.73 bits per heavy atom. The van der Waals surface area contributed by atoms with E-state index < -0.39 is 5.91 Å². The number of rotatable bonds is 1. The van der Waals surface area contributed by atoms with Crippen molar-refractivity contribution in [1.29, 1.82) is 0 Å². The summed E-state index contributed by atoms with van der Waals surface area (Å²) in [6.07, 6.45) is 3.30. The number of hydrogen-bond acceptors (Lipinski definition) is 3. The quantitative estimate of drug-likeness (QED) is 0.672. The third-order valence-corrected chi connectivity index (χ3v) is 2.39. The van der Waals surface area contributed by atoms with Gasteiger partial charge in [-0.05, 0) is 6.07 Å². The number of nitrogens with zero attached hydrogens (tertiary/aromatic N) is 2. The molecule has 0 aliphatic heterocycles. The summed E-state index contributed by atoms with van der Waals surface area (Å²) < 4.78 is 1.63. The molecule has 5 heteroatoms. The summed E-state index contributed by atoms with van der Waals surface area (Å²) in [5.41, 5.74) is 5.07. The summed E-state index contributed by atoms with van der Waals surface area (Å²) in [6, 6.07) is 1.83. The van der Waals surface area contributed by atoms with Crippen LogP contribution in [0.2, 0.25) is 0 Å². The SMILES string of the molecule is NC(=O)c1cn2nccc2s1. The first kappa shape index (κ1) is 6.36. The number of amides is 1. The molecule has 56 valence electrons. The van der Waals surface area contributed by atoms with Crippen LogP contribution >= 0.6 is 11.3 Å². The van der Waals surface area contributed by atoms with Crippen LogP contribution in [-0.4, -0.2) is 15.5 Å². The van der Waals surface area contributed by atoms with Crippen molar-refractivity contribution in [3.8, 4) is 0 Å². The minimum atomic E-state index is -0.402. The smallest absolute Gasteiger partial charge is 0.260 e. The molecule has 0 aromatic carbocycles. The van der Waals surface area contributed by atoms with E-state index in [0.29, 0.717) is 4.88 Å². The number of hydrogen-bond donors (Lipinski definition) is 1.